The van der Waals surface area contributed by atoms with Crippen molar-refractivity contribution in [1.29, 1.82) is 0 Å². The predicted octanol–water partition coefficient (Wildman–Crippen LogP) is 2.58. The Labute approximate surface area is 167 Å². The lowest BCUT2D eigenvalue weighted by atomic mass is 9.95. The van der Waals surface area contributed by atoms with E-state index >= 15 is 0 Å². The van der Waals surface area contributed by atoms with Crippen LogP contribution in [0.1, 0.15) is 16.8 Å². The molecule has 28 heavy (non-hydrogen) atoms. The fourth-order valence-electron chi connectivity index (χ4n) is 3.30. The standard InChI is InChI=1S/C20H19N3O3S2/c24-20(22-13-17-8-3-4-10-21-17)18-12-15-6-1-2-7-16(15)14-23(18)28(25,26)19-9-5-11-27-19/h1-11,18H,12-14H2,(H,22,24). The van der Waals surface area contributed by atoms with E-state index in [9.17, 15) is 13.2 Å². The maximum atomic E-state index is 13.2. The molecule has 6 nitrogen and oxygen atoms in total. The topological polar surface area (TPSA) is 79.4 Å². The zero-order chi connectivity index (χ0) is 19.6. The van der Waals surface area contributed by atoms with Gasteiger partial charge in [-0.3, -0.25) is 9.78 Å². The van der Waals surface area contributed by atoms with Crippen molar-refractivity contribution in [2.75, 3.05) is 0 Å². The largest absolute Gasteiger partial charge is 0.349 e. The van der Waals surface area contributed by atoms with E-state index in [1.165, 1.54) is 4.31 Å². The lowest BCUT2D eigenvalue weighted by Gasteiger charge is -2.34. The van der Waals surface area contributed by atoms with Gasteiger partial charge in [-0.1, -0.05) is 36.4 Å². The molecule has 3 heterocycles. The van der Waals surface area contributed by atoms with Gasteiger partial charge in [-0.2, -0.15) is 4.31 Å². The van der Waals surface area contributed by atoms with E-state index in [0.717, 1.165) is 28.2 Å². The van der Waals surface area contributed by atoms with Crippen LogP contribution in [0, 0.1) is 0 Å². The first-order chi connectivity index (χ1) is 13.6. The van der Waals surface area contributed by atoms with Gasteiger partial charge >= 0.3 is 0 Å². The zero-order valence-electron chi connectivity index (χ0n) is 15.0. The SMILES string of the molecule is O=C(NCc1ccccn1)C1Cc2ccccc2CN1S(=O)(=O)c1cccs1. The van der Waals surface area contributed by atoms with Gasteiger partial charge in [-0.15, -0.1) is 11.3 Å². The zero-order valence-corrected chi connectivity index (χ0v) is 16.6. The number of sulfonamides is 1. The minimum Gasteiger partial charge on any atom is -0.349 e. The highest BCUT2D eigenvalue weighted by molar-refractivity contribution is 7.91. The van der Waals surface area contributed by atoms with E-state index < -0.39 is 16.1 Å². The second kappa shape index (κ2) is 7.83. The number of carbonyl (C=O) groups is 1. The molecule has 0 saturated carbocycles. The van der Waals surface area contributed by atoms with Crippen LogP contribution in [0.4, 0.5) is 0 Å². The van der Waals surface area contributed by atoms with E-state index in [-0.39, 0.29) is 23.2 Å². The molecular formula is C20H19N3O3S2. The molecule has 4 rings (SSSR count). The molecule has 2 aromatic heterocycles. The Balaban J connectivity index is 1.63. The summed E-state index contributed by atoms with van der Waals surface area (Å²) in [5.74, 6) is -0.319. The minimum absolute atomic E-state index is 0.179. The number of rotatable bonds is 5. The average molecular weight is 414 g/mol. The van der Waals surface area contributed by atoms with Crippen molar-refractivity contribution in [2.45, 2.75) is 29.8 Å². The molecule has 1 aliphatic heterocycles. The van der Waals surface area contributed by atoms with Gasteiger partial charge < -0.3 is 5.32 Å². The van der Waals surface area contributed by atoms with Gasteiger partial charge in [0.2, 0.25) is 5.91 Å². The molecule has 1 amide bonds. The minimum atomic E-state index is -3.76. The van der Waals surface area contributed by atoms with E-state index in [1.54, 1.807) is 29.8 Å². The Morgan fingerprint density at radius 3 is 2.61 bits per heavy atom. The molecule has 0 aliphatic carbocycles. The van der Waals surface area contributed by atoms with Crippen molar-refractivity contribution in [3.8, 4) is 0 Å². The maximum Gasteiger partial charge on any atom is 0.253 e. The first kappa shape index (κ1) is 18.8. The lowest BCUT2D eigenvalue weighted by Crippen LogP contribution is -2.52. The number of nitrogens with zero attached hydrogens (tertiary/aromatic N) is 2. The summed E-state index contributed by atoms with van der Waals surface area (Å²) in [6, 6.07) is 15.6. The third-order valence-corrected chi connectivity index (χ3v) is 7.96. The lowest BCUT2D eigenvalue weighted by molar-refractivity contribution is -0.125. The highest BCUT2D eigenvalue weighted by Crippen LogP contribution is 2.30. The molecule has 0 saturated heterocycles. The Morgan fingerprint density at radius 2 is 1.89 bits per heavy atom. The maximum absolute atomic E-state index is 13.2. The number of hydrogen-bond donors (Lipinski definition) is 1. The smallest absolute Gasteiger partial charge is 0.253 e. The number of aromatic nitrogens is 1. The Bertz CT molecular complexity index is 1070. The summed E-state index contributed by atoms with van der Waals surface area (Å²) in [4.78, 5) is 17.2. The summed E-state index contributed by atoms with van der Waals surface area (Å²) in [6.45, 7) is 0.433. The number of fused-ring (bicyclic) bond motifs is 1. The first-order valence-corrected chi connectivity index (χ1v) is 11.2. The number of pyridine rings is 1. The Kier molecular flexibility index (Phi) is 5.25. The second-order valence-electron chi connectivity index (χ2n) is 6.51. The van der Waals surface area contributed by atoms with Crippen LogP contribution in [0.2, 0.25) is 0 Å². The van der Waals surface area contributed by atoms with Crippen molar-refractivity contribution in [1.82, 2.24) is 14.6 Å². The van der Waals surface area contributed by atoms with Crippen LogP contribution in [0.25, 0.3) is 0 Å². The van der Waals surface area contributed by atoms with E-state index in [2.05, 4.69) is 10.3 Å². The van der Waals surface area contributed by atoms with E-state index in [0.29, 0.717) is 6.42 Å². The van der Waals surface area contributed by atoms with Crippen molar-refractivity contribution < 1.29 is 13.2 Å². The molecule has 1 aromatic carbocycles. The number of benzene rings is 1. The molecule has 0 spiro atoms. The van der Waals surface area contributed by atoms with Crippen LogP contribution in [0.15, 0.2) is 70.4 Å². The monoisotopic (exact) mass is 413 g/mol. The van der Waals surface area contributed by atoms with Gasteiger partial charge in [0.1, 0.15) is 10.3 Å². The predicted molar refractivity (Wildman–Crippen MR) is 107 cm³/mol. The molecule has 1 aliphatic rings. The Morgan fingerprint density at radius 1 is 1.11 bits per heavy atom. The van der Waals surface area contributed by atoms with E-state index in [1.807, 2.05) is 36.4 Å². The summed E-state index contributed by atoms with van der Waals surface area (Å²) < 4.78 is 27.9. The quantitative estimate of drug-likeness (QED) is 0.697. The van der Waals surface area contributed by atoms with Crippen molar-refractivity contribution in [3.05, 3.63) is 83.0 Å². The molecule has 1 N–H and O–H groups in total. The summed E-state index contributed by atoms with van der Waals surface area (Å²) >= 11 is 1.16. The normalized spacial score (nSPS) is 17.1. The van der Waals surface area contributed by atoms with Crippen LogP contribution < -0.4 is 5.32 Å². The summed E-state index contributed by atoms with van der Waals surface area (Å²) in [5, 5.41) is 4.57. The van der Waals surface area contributed by atoms with Gasteiger partial charge in [0.05, 0.1) is 12.2 Å². The third-order valence-electron chi connectivity index (χ3n) is 4.74. The molecule has 3 aromatic rings. The number of nitrogens with one attached hydrogen (secondary N) is 1. The van der Waals surface area contributed by atoms with Gasteiger partial charge in [0.25, 0.3) is 10.0 Å². The van der Waals surface area contributed by atoms with Crippen LogP contribution in [-0.4, -0.2) is 29.7 Å². The van der Waals surface area contributed by atoms with Crippen LogP contribution >= 0.6 is 11.3 Å². The highest BCUT2D eigenvalue weighted by Gasteiger charge is 2.39. The fourth-order valence-corrected chi connectivity index (χ4v) is 5.98. The first-order valence-electron chi connectivity index (χ1n) is 8.85. The molecule has 1 atom stereocenters. The van der Waals surface area contributed by atoms with Crippen LogP contribution in [-0.2, 0) is 34.3 Å². The summed E-state index contributed by atoms with van der Waals surface area (Å²) in [5.41, 5.74) is 2.65. The molecule has 1 unspecified atom stereocenters. The van der Waals surface area contributed by atoms with Gasteiger partial charge in [0.15, 0.2) is 0 Å². The number of hydrogen-bond acceptors (Lipinski definition) is 5. The number of carbonyl (C=O) groups excluding carboxylic acids is 1. The van der Waals surface area contributed by atoms with Crippen LogP contribution in [0.3, 0.4) is 0 Å². The summed E-state index contributed by atoms with van der Waals surface area (Å²) in [6.07, 6.45) is 2.00. The van der Waals surface area contributed by atoms with E-state index in [4.69, 9.17) is 0 Å². The van der Waals surface area contributed by atoms with Crippen molar-refractivity contribution in [2.24, 2.45) is 0 Å². The van der Waals surface area contributed by atoms with Crippen molar-refractivity contribution >= 4 is 27.3 Å². The summed E-state index contributed by atoms with van der Waals surface area (Å²) in [7, 11) is -3.76. The average Bonchev–Trinajstić information content (AvgIpc) is 3.27. The van der Waals surface area contributed by atoms with Gasteiger partial charge in [0, 0.05) is 12.7 Å². The molecule has 0 radical (unpaired) electrons. The Hall–Kier alpha value is -2.55. The number of thiophene rings is 1. The van der Waals surface area contributed by atoms with Gasteiger partial charge in [-0.05, 0) is 41.1 Å². The molecular weight excluding hydrogens is 394 g/mol. The fraction of sp³-hybridized carbons (Fsp3) is 0.200. The molecule has 0 fully saturated rings. The van der Waals surface area contributed by atoms with Gasteiger partial charge in [-0.25, -0.2) is 8.42 Å². The molecule has 0 bridgehead atoms. The molecule has 8 heteroatoms. The number of amides is 1. The highest BCUT2D eigenvalue weighted by atomic mass is 32.2. The second-order valence-corrected chi connectivity index (χ2v) is 9.57. The van der Waals surface area contributed by atoms with Crippen LogP contribution in [0.5, 0.6) is 0 Å². The third kappa shape index (κ3) is 3.71. The van der Waals surface area contributed by atoms with Crippen molar-refractivity contribution in [3.63, 3.8) is 0 Å². The molecule has 144 valence electrons.